The van der Waals surface area contributed by atoms with Crippen LogP contribution in [0.2, 0.25) is 0 Å². The number of anilines is 1. The number of benzene rings is 2. The number of nitrogens with one attached hydrogen (secondary N) is 2. The number of H-pyrrole nitrogens is 1. The molecule has 0 radical (unpaired) electrons. The number of rotatable bonds is 9. The maximum absolute atomic E-state index is 12.3. The molecule has 160 valence electrons. The molecule has 0 aliphatic heterocycles. The summed E-state index contributed by atoms with van der Waals surface area (Å²) in [6.45, 7) is 2.47. The van der Waals surface area contributed by atoms with Crippen molar-refractivity contribution in [2.24, 2.45) is 0 Å². The Bertz CT molecular complexity index is 1100. The number of amides is 1. The quantitative estimate of drug-likeness (QED) is 0.347. The molecule has 3 N–H and O–H groups in total. The molecule has 0 saturated heterocycles. The van der Waals surface area contributed by atoms with Crippen molar-refractivity contribution in [3.8, 4) is 11.6 Å². The van der Waals surface area contributed by atoms with Crippen molar-refractivity contribution in [2.75, 3.05) is 17.7 Å². The molecule has 0 saturated carbocycles. The van der Waals surface area contributed by atoms with Gasteiger partial charge in [0.15, 0.2) is 5.16 Å². The average Bonchev–Trinajstić information content (AvgIpc) is 2.76. The zero-order valence-electron chi connectivity index (χ0n) is 17.0. The predicted molar refractivity (Wildman–Crippen MR) is 123 cm³/mol. The van der Waals surface area contributed by atoms with Gasteiger partial charge in [-0.2, -0.15) is 4.98 Å². The summed E-state index contributed by atoms with van der Waals surface area (Å²) >= 11 is 1.04. The molecule has 0 aliphatic rings. The summed E-state index contributed by atoms with van der Waals surface area (Å²) in [5, 5.41) is 13.1. The number of carbonyl (C=O) groups is 1. The Kier molecular flexibility index (Phi) is 7.89. The van der Waals surface area contributed by atoms with Crippen LogP contribution in [0.5, 0.6) is 11.6 Å². The second kappa shape index (κ2) is 11.0. The Morgan fingerprint density at radius 2 is 1.94 bits per heavy atom. The first-order chi connectivity index (χ1) is 15.0. The number of aromatic amines is 1. The molecule has 1 aromatic heterocycles. The van der Waals surface area contributed by atoms with Crippen molar-refractivity contribution in [3.05, 3.63) is 82.2 Å². The summed E-state index contributed by atoms with van der Waals surface area (Å²) in [5.41, 5.74) is 1.38. The van der Waals surface area contributed by atoms with Crippen LogP contribution in [-0.2, 0) is 11.2 Å². The molecule has 0 aliphatic carbocycles. The Morgan fingerprint density at radius 1 is 1.19 bits per heavy atom. The first-order valence-electron chi connectivity index (χ1n) is 9.74. The monoisotopic (exact) mass is 437 g/mol. The molecule has 2 aromatic carbocycles. The van der Waals surface area contributed by atoms with Gasteiger partial charge < -0.3 is 20.1 Å². The van der Waals surface area contributed by atoms with E-state index in [1.165, 1.54) is 0 Å². The molecule has 0 atom stereocenters. The van der Waals surface area contributed by atoms with Crippen LogP contribution in [0.1, 0.15) is 18.1 Å². The van der Waals surface area contributed by atoms with Crippen LogP contribution in [-0.4, -0.2) is 33.3 Å². The van der Waals surface area contributed by atoms with Crippen molar-refractivity contribution in [1.82, 2.24) is 9.97 Å². The zero-order valence-corrected chi connectivity index (χ0v) is 17.8. The van der Waals surface area contributed by atoms with Gasteiger partial charge in [-0.05, 0) is 36.8 Å². The molecule has 31 heavy (non-hydrogen) atoms. The maximum Gasteiger partial charge on any atom is 0.258 e. The topological polar surface area (TPSA) is 104 Å². The number of carbonyl (C=O) groups excluding carboxylic acids is 1. The number of hydrogen-bond acceptors (Lipinski definition) is 6. The largest absolute Gasteiger partial charge is 0.494 e. The summed E-state index contributed by atoms with van der Waals surface area (Å²) in [6, 6.07) is 16.7. The molecule has 1 amide bonds. The highest BCUT2D eigenvalue weighted by Crippen LogP contribution is 2.19. The highest BCUT2D eigenvalue weighted by atomic mass is 32.2. The minimum atomic E-state index is -0.431. The minimum Gasteiger partial charge on any atom is -0.494 e. The Labute approximate surface area is 184 Å². The molecule has 0 spiro atoms. The van der Waals surface area contributed by atoms with Crippen LogP contribution in [0.15, 0.2) is 70.6 Å². The minimum absolute atomic E-state index is 0.0306. The van der Waals surface area contributed by atoms with E-state index in [0.29, 0.717) is 12.3 Å². The molecule has 3 rings (SSSR count). The fourth-order valence-electron chi connectivity index (χ4n) is 2.73. The smallest absolute Gasteiger partial charge is 0.258 e. The van der Waals surface area contributed by atoms with E-state index in [1.807, 2.05) is 43.3 Å². The van der Waals surface area contributed by atoms with E-state index in [4.69, 9.17) is 4.74 Å². The van der Waals surface area contributed by atoms with Gasteiger partial charge in [0, 0.05) is 12.1 Å². The summed E-state index contributed by atoms with van der Waals surface area (Å²) in [6.07, 6.45) is 3.90. The van der Waals surface area contributed by atoms with E-state index in [1.54, 1.807) is 30.3 Å². The Morgan fingerprint density at radius 3 is 2.61 bits per heavy atom. The van der Waals surface area contributed by atoms with Crippen LogP contribution in [0.25, 0.3) is 6.08 Å². The van der Waals surface area contributed by atoms with Crippen LogP contribution in [0, 0.1) is 0 Å². The number of nitrogens with zero attached hydrogens (tertiary/aromatic N) is 1. The molecule has 3 aromatic rings. The number of allylic oxidation sites excluding steroid dienone is 1. The van der Waals surface area contributed by atoms with Gasteiger partial charge in [-0.25, -0.2) is 0 Å². The normalized spacial score (nSPS) is 10.9. The van der Waals surface area contributed by atoms with Crippen molar-refractivity contribution in [1.29, 1.82) is 0 Å². The van der Waals surface area contributed by atoms with Gasteiger partial charge in [0.25, 0.3) is 5.56 Å². The van der Waals surface area contributed by atoms with Crippen molar-refractivity contribution in [2.45, 2.75) is 18.5 Å². The average molecular weight is 438 g/mol. The van der Waals surface area contributed by atoms with Gasteiger partial charge in [-0.1, -0.05) is 54.2 Å². The first-order valence-corrected chi connectivity index (χ1v) is 10.7. The lowest BCUT2D eigenvalue weighted by atomic mass is 10.1. The van der Waals surface area contributed by atoms with Gasteiger partial charge in [0.2, 0.25) is 11.8 Å². The van der Waals surface area contributed by atoms with Crippen LogP contribution in [0.4, 0.5) is 5.69 Å². The molecule has 7 nitrogen and oxygen atoms in total. The third-order valence-corrected chi connectivity index (χ3v) is 5.07. The van der Waals surface area contributed by atoms with E-state index in [9.17, 15) is 14.7 Å². The summed E-state index contributed by atoms with van der Waals surface area (Å²) < 4.78 is 5.36. The van der Waals surface area contributed by atoms with Crippen LogP contribution >= 0.6 is 11.8 Å². The van der Waals surface area contributed by atoms with E-state index in [-0.39, 0.29) is 34.7 Å². The second-order valence-corrected chi connectivity index (χ2v) is 7.45. The standard InChI is InChI=1S/C23H23N3O4S/c1-2-30-18-13-11-17(12-14-18)24-20(27)15-31-23-25-21(28)19(22(29)26-23)10-6-9-16-7-4-3-5-8-16/h3-9,11-14H,2,10,15H2,1H3,(H,24,27)(H2,25,26,28,29). The Balaban J connectivity index is 1.55. The molecular formula is C23H23N3O4S. The highest BCUT2D eigenvalue weighted by molar-refractivity contribution is 7.99. The van der Waals surface area contributed by atoms with E-state index in [2.05, 4.69) is 15.3 Å². The molecule has 0 bridgehead atoms. The summed E-state index contributed by atoms with van der Waals surface area (Å²) in [4.78, 5) is 31.1. The van der Waals surface area contributed by atoms with Crippen molar-refractivity contribution < 1.29 is 14.6 Å². The lowest BCUT2D eigenvalue weighted by molar-refractivity contribution is -0.113. The van der Waals surface area contributed by atoms with Gasteiger partial charge in [-0.15, -0.1) is 0 Å². The van der Waals surface area contributed by atoms with Gasteiger partial charge in [0.05, 0.1) is 17.9 Å². The molecular weight excluding hydrogens is 414 g/mol. The SMILES string of the molecule is CCOc1ccc(NC(=O)CSc2nc(O)c(CC=Cc3ccccc3)c(=O)[nH]2)cc1. The van der Waals surface area contributed by atoms with Gasteiger partial charge in [-0.3, -0.25) is 9.59 Å². The fraction of sp³-hybridized carbons (Fsp3) is 0.174. The van der Waals surface area contributed by atoms with E-state index in [0.717, 1.165) is 23.1 Å². The molecule has 1 heterocycles. The molecule has 0 fully saturated rings. The second-order valence-electron chi connectivity index (χ2n) is 6.48. The summed E-state index contributed by atoms with van der Waals surface area (Å²) in [5.74, 6) is 0.163. The van der Waals surface area contributed by atoms with Gasteiger partial charge >= 0.3 is 0 Å². The number of aromatic hydroxyl groups is 1. The van der Waals surface area contributed by atoms with Gasteiger partial charge in [0.1, 0.15) is 5.75 Å². The molecule has 8 heteroatoms. The number of aromatic nitrogens is 2. The van der Waals surface area contributed by atoms with E-state index >= 15 is 0 Å². The fourth-order valence-corrected chi connectivity index (χ4v) is 3.38. The van der Waals surface area contributed by atoms with Crippen molar-refractivity contribution >= 4 is 29.4 Å². The third kappa shape index (κ3) is 6.75. The predicted octanol–water partition coefficient (Wildman–Crippen LogP) is 3.86. The Hall–Kier alpha value is -3.52. The number of ether oxygens (including phenoxy) is 1. The van der Waals surface area contributed by atoms with E-state index < -0.39 is 5.56 Å². The highest BCUT2D eigenvalue weighted by Gasteiger charge is 2.11. The molecule has 0 unspecified atom stereocenters. The summed E-state index contributed by atoms with van der Waals surface area (Å²) in [7, 11) is 0. The number of thioether (sulfide) groups is 1. The number of hydrogen-bond donors (Lipinski definition) is 3. The third-order valence-electron chi connectivity index (χ3n) is 4.19. The lowest BCUT2D eigenvalue weighted by Crippen LogP contribution is -2.17. The van der Waals surface area contributed by atoms with Crippen molar-refractivity contribution in [3.63, 3.8) is 0 Å². The van der Waals surface area contributed by atoms with Crippen LogP contribution in [0.3, 0.4) is 0 Å². The zero-order chi connectivity index (χ0) is 22.1. The first kappa shape index (κ1) is 22.2. The lowest BCUT2D eigenvalue weighted by Gasteiger charge is -2.07. The maximum atomic E-state index is 12.3. The van der Waals surface area contributed by atoms with Crippen LogP contribution < -0.4 is 15.6 Å².